The van der Waals surface area contributed by atoms with E-state index in [9.17, 15) is 14.7 Å². The van der Waals surface area contributed by atoms with Crippen molar-refractivity contribution in [3.8, 4) is 0 Å². The van der Waals surface area contributed by atoms with Crippen molar-refractivity contribution in [3.63, 3.8) is 0 Å². The molecule has 6 heteroatoms. The Morgan fingerprint density at radius 3 is 1.71 bits per heavy atom. The van der Waals surface area contributed by atoms with Crippen molar-refractivity contribution < 1.29 is 19.4 Å². The highest BCUT2D eigenvalue weighted by molar-refractivity contribution is 5.97. The van der Waals surface area contributed by atoms with Gasteiger partial charge in [-0.2, -0.15) is 0 Å². The number of nitrogens with zero attached hydrogens (tertiary/aromatic N) is 2. The molecule has 4 aromatic rings. The van der Waals surface area contributed by atoms with Crippen molar-refractivity contribution in [3.05, 3.63) is 144 Å². The molecule has 0 spiro atoms. The molecule has 6 nitrogen and oxygen atoms in total. The minimum Gasteiger partial charge on any atom is -0.441 e. The number of ether oxygens (including phenoxy) is 1. The average Bonchev–Trinajstić information content (AvgIpc) is 3.21. The molecule has 0 bridgehead atoms. The van der Waals surface area contributed by atoms with Gasteiger partial charge in [-0.25, -0.2) is 9.69 Å². The van der Waals surface area contributed by atoms with E-state index in [0.717, 1.165) is 16.7 Å². The number of amides is 2. The Kier molecular flexibility index (Phi) is 8.62. The number of aliphatic hydroxyl groups excluding tert-OH is 1. The van der Waals surface area contributed by atoms with E-state index in [2.05, 4.69) is 0 Å². The zero-order valence-electron chi connectivity index (χ0n) is 23.5. The van der Waals surface area contributed by atoms with Crippen LogP contribution in [0.1, 0.15) is 42.2 Å². The normalized spacial score (nSPS) is 17.7. The molecule has 1 saturated heterocycles. The summed E-state index contributed by atoms with van der Waals surface area (Å²) >= 11 is 0. The molecule has 2 amide bonds. The summed E-state index contributed by atoms with van der Waals surface area (Å²) in [7, 11) is 0. The second kappa shape index (κ2) is 12.5. The van der Waals surface area contributed by atoms with Crippen LogP contribution in [0, 0.1) is 0 Å². The van der Waals surface area contributed by atoms with Crippen molar-refractivity contribution in [2.75, 3.05) is 0 Å². The lowest BCUT2D eigenvalue weighted by molar-refractivity contribution is -0.141. The first kappa shape index (κ1) is 28.3. The quantitative estimate of drug-likeness (QED) is 0.257. The number of imide groups is 1. The maximum Gasteiger partial charge on any atom is 0.417 e. The van der Waals surface area contributed by atoms with E-state index in [1.54, 1.807) is 0 Å². The summed E-state index contributed by atoms with van der Waals surface area (Å²) in [5.41, 5.74) is 2.67. The van der Waals surface area contributed by atoms with Crippen LogP contribution in [-0.4, -0.2) is 44.6 Å². The number of carbonyl (C=O) groups excluding carboxylic acids is 2. The SMILES string of the molecule is CC1(C)OC(=O)N(C(=O)[C@H]([C@H](O)c2ccccc2)N(Cc2ccccc2)Cc2ccccc2)[C@H]1Cc1ccccc1. The summed E-state index contributed by atoms with van der Waals surface area (Å²) in [5.74, 6) is -0.482. The smallest absolute Gasteiger partial charge is 0.417 e. The van der Waals surface area contributed by atoms with Gasteiger partial charge in [0.1, 0.15) is 17.7 Å². The monoisotopic (exact) mass is 548 g/mol. The van der Waals surface area contributed by atoms with E-state index in [1.807, 2.05) is 140 Å². The second-order valence-electron chi connectivity index (χ2n) is 11.1. The molecule has 0 saturated carbocycles. The van der Waals surface area contributed by atoms with Gasteiger partial charge in [0.15, 0.2) is 0 Å². The van der Waals surface area contributed by atoms with Crippen LogP contribution in [-0.2, 0) is 29.0 Å². The van der Waals surface area contributed by atoms with Crippen LogP contribution >= 0.6 is 0 Å². The molecular formula is C35H36N2O4. The summed E-state index contributed by atoms with van der Waals surface area (Å²) in [4.78, 5) is 31.3. The van der Waals surface area contributed by atoms with Gasteiger partial charge in [0.05, 0.1) is 6.04 Å². The Hall–Kier alpha value is -4.26. The summed E-state index contributed by atoms with van der Waals surface area (Å²) in [6.45, 7) is 4.46. The first-order valence-corrected chi connectivity index (χ1v) is 14.0. The van der Waals surface area contributed by atoms with Gasteiger partial charge < -0.3 is 9.84 Å². The number of rotatable bonds is 10. The van der Waals surface area contributed by atoms with Gasteiger partial charge in [0, 0.05) is 13.1 Å². The highest BCUT2D eigenvalue weighted by Gasteiger charge is 2.53. The first-order chi connectivity index (χ1) is 19.8. The van der Waals surface area contributed by atoms with Gasteiger partial charge in [0.2, 0.25) is 0 Å². The van der Waals surface area contributed by atoms with Crippen molar-refractivity contribution in [1.29, 1.82) is 0 Å². The summed E-state index contributed by atoms with van der Waals surface area (Å²) in [6.07, 6.45) is -1.44. The number of hydrogen-bond acceptors (Lipinski definition) is 5. The van der Waals surface area contributed by atoms with E-state index in [4.69, 9.17) is 4.74 Å². The van der Waals surface area contributed by atoms with Crippen LogP contribution in [0.5, 0.6) is 0 Å². The predicted molar refractivity (Wildman–Crippen MR) is 159 cm³/mol. The second-order valence-corrected chi connectivity index (χ2v) is 11.1. The van der Waals surface area contributed by atoms with Crippen LogP contribution < -0.4 is 0 Å². The van der Waals surface area contributed by atoms with Crippen LogP contribution in [0.15, 0.2) is 121 Å². The maximum atomic E-state index is 14.7. The molecule has 41 heavy (non-hydrogen) atoms. The highest BCUT2D eigenvalue weighted by Crippen LogP contribution is 2.35. The maximum absolute atomic E-state index is 14.7. The molecule has 0 unspecified atom stereocenters. The Labute approximate surface area is 241 Å². The Bertz CT molecular complexity index is 1390. The van der Waals surface area contributed by atoms with E-state index >= 15 is 0 Å². The van der Waals surface area contributed by atoms with Gasteiger partial charge in [0.25, 0.3) is 5.91 Å². The summed E-state index contributed by atoms with van der Waals surface area (Å²) in [6, 6.07) is 37.0. The number of carbonyl (C=O) groups is 2. The summed E-state index contributed by atoms with van der Waals surface area (Å²) in [5, 5.41) is 11.9. The number of cyclic esters (lactones) is 1. The van der Waals surface area contributed by atoms with Gasteiger partial charge >= 0.3 is 6.09 Å². The van der Waals surface area contributed by atoms with Crippen LogP contribution in [0.4, 0.5) is 4.79 Å². The third-order valence-corrected chi connectivity index (χ3v) is 7.71. The lowest BCUT2D eigenvalue weighted by atomic mass is 9.90. The molecule has 0 aromatic heterocycles. The Balaban J connectivity index is 1.58. The topological polar surface area (TPSA) is 70.1 Å². The molecule has 0 radical (unpaired) electrons. The molecule has 5 rings (SSSR count). The van der Waals surface area contributed by atoms with Gasteiger partial charge in [-0.05, 0) is 42.5 Å². The molecule has 1 N–H and O–H groups in total. The molecule has 210 valence electrons. The molecule has 1 aliphatic heterocycles. The zero-order chi connectivity index (χ0) is 28.8. The molecule has 3 atom stereocenters. The van der Waals surface area contributed by atoms with Crippen molar-refractivity contribution in [2.24, 2.45) is 0 Å². The Morgan fingerprint density at radius 2 is 1.22 bits per heavy atom. The van der Waals surface area contributed by atoms with E-state index < -0.39 is 35.8 Å². The fourth-order valence-electron chi connectivity index (χ4n) is 5.55. The average molecular weight is 549 g/mol. The largest absolute Gasteiger partial charge is 0.441 e. The molecule has 4 aromatic carbocycles. The number of benzene rings is 4. The van der Waals surface area contributed by atoms with E-state index in [-0.39, 0.29) is 0 Å². The fourth-order valence-corrected chi connectivity index (χ4v) is 5.55. The minimum absolute atomic E-state index is 0.395. The molecule has 1 aliphatic rings. The number of aliphatic hydroxyl groups is 1. The lowest BCUT2D eigenvalue weighted by Gasteiger charge is -2.37. The van der Waals surface area contributed by atoms with Crippen LogP contribution in [0.3, 0.4) is 0 Å². The van der Waals surface area contributed by atoms with Crippen LogP contribution in [0.25, 0.3) is 0 Å². The third kappa shape index (κ3) is 6.56. The standard InChI is InChI=1S/C35H36N2O4/c1-35(2)30(23-26-15-7-3-8-16-26)37(34(40)41-35)33(39)31(32(38)29-21-13-6-14-22-29)36(24-27-17-9-4-10-18-27)25-28-19-11-5-12-20-28/h3-22,30-32,38H,23-25H2,1-2H3/t30-,31-,32+/m0/s1. The highest BCUT2D eigenvalue weighted by atomic mass is 16.6. The molecular weight excluding hydrogens is 512 g/mol. The zero-order valence-corrected chi connectivity index (χ0v) is 23.5. The van der Waals surface area contributed by atoms with Gasteiger partial charge in [-0.3, -0.25) is 9.69 Å². The lowest BCUT2D eigenvalue weighted by Crippen LogP contribution is -2.55. The van der Waals surface area contributed by atoms with Crippen molar-refractivity contribution in [1.82, 2.24) is 9.80 Å². The predicted octanol–water partition coefficient (Wildman–Crippen LogP) is 6.16. The first-order valence-electron chi connectivity index (χ1n) is 14.0. The minimum atomic E-state index is -1.19. The molecule has 1 fully saturated rings. The van der Waals surface area contributed by atoms with E-state index in [0.29, 0.717) is 25.1 Å². The molecule has 1 heterocycles. The van der Waals surface area contributed by atoms with E-state index in [1.165, 1.54) is 4.90 Å². The van der Waals surface area contributed by atoms with Crippen LogP contribution in [0.2, 0.25) is 0 Å². The van der Waals surface area contributed by atoms with Gasteiger partial charge in [-0.1, -0.05) is 121 Å². The number of hydrogen-bond donors (Lipinski definition) is 1. The van der Waals surface area contributed by atoms with Crippen molar-refractivity contribution >= 4 is 12.0 Å². The fraction of sp³-hybridized carbons (Fsp3) is 0.257. The molecule has 0 aliphatic carbocycles. The Morgan fingerprint density at radius 1 is 0.780 bits per heavy atom. The third-order valence-electron chi connectivity index (χ3n) is 7.71. The van der Waals surface area contributed by atoms with Crippen molar-refractivity contribution in [2.45, 2.75) is 57.1 Å². The van der Waals surface area contributed by atoms with Gasteiger partial charge in [-0.15, -0.1) is 0 Å². The summed E-state index contributed by atoms with van der Waals surface area (Å²) < 4.78 is 5.79.